The first-order chi connectivity index (χ1) is 26.8. The zero-order valence-electron chi connectivity index (χ0n) is 29.4. The van der Waals surface area contributed by atoms with Gasteiger partial charge in [0.25, 0.3) is 0 Å². The first-order valence-electron chi connectivity index (χ1n) is 18.7. The molecule has 0 saturated heterocycles. The van der Waals surface area contributed by atoms with Crippen LogP contribution in [0.3, 0.4) is 0 Å². The van der Waals surface area contributed by atoms with Crippen LogP contribution in [-0.2, 0) is 5.41 Å². The molecule has 54 heavy (non-hydrogen) atoms. The van der Waals surface area contributed by atoms with Gasteiger partial charge in [-0.1, -0.05) is 146 Å². The van der Waals surface area contributed by atoms with Crippen LogP contribution in [0.1, 0.15) is 41.0 Å². The largest absolute Gasteiger partial charge is 0.457 e. The van der Waals surface area contributed by atoms with Crippen LogP contribution in [0.2, 0.25) is 0 Å². The van der Waals surface area contributed by atoms with Crippen LogP contribution in [0.5, 0.6) is 11.5 Å². The summed E-state index contributed by atoms with van der Waals surface area (Å²) in [6.07, 6.45) is 8.83. The van der Waals surface area contributed by atoms with E-state index in [2.05, 4.69) is 132 Å². The van der Waals surface area contributed by atoms with Gasteiger partial charge in [-0.25, -0.2) is 15.0 Å². The third-order valence-electron chi connectivity index (χ3n) is 11.7. The van der Waals surface area contributed by atoms with Gasteiger partial charge in [-0.05, 0) is 53.6 Å². The predicted octanol–water partition coefficient (Wildman–Crippen LogP) is 11.6. The number of fused-ring (bicyclic) bond motifs is 10. The lowest BCUT2D eigenvalue weighted by atomic mass is 9.60. The smallest absolute Gasteiger partial charge is 0.164 e. The minimum atomic E-state index is -0.324. The summed E-state index contributed by atoms with van der Waals surface area (Å²) in [5.74, 6) is 4.35. The topological polar surface area (TPSA) is 60.8 Å². The molecule has 5 nitrogen and oxygen atoms in total. The van der Waals surface area contributed by atoms with E-state index in [1.807, 2.05) is 42.6 Å². The van der Waals surface area contributed by atoms with Crippen LogP contribution in [0, 0.1) is 5.92 Å². The molecule has 2 aliphatic carbocycles. The zero-order chi connectivity index (χ0) is 35.6. The summed E-state index contributed by atoms with van der Waals surface area (Å²) in [5, 5.41) is 1.12. The molecule has 1 aliphatic heterocycles. The van der Waals surface area contributed by atoms with Crippen molar-refractivity contribution in [2.45, 2.75) is 24.2 Å². The Kier molecular flexibility index (Phi) is 6.96. The molecule has 1 spiro atoms. The Balaban J connectivity index is 1.06. The van der Waals surface area contributed by atoms with Crippen LogP contribution in [0.25, 0.3) is 56.2 Å². The van der Waals surface area contributed by atoms with Crippen molar-refractivity contribution in [3.8, 4) is 56.8 Å². The molecule has 11 rings (SSSR count). The van der Waals surface area contributed by atoms with Gasteiger partial charge in [-0.15, -0.1) is 0 Å². The highest BCUT2D eigenvalue weighted by Crippen LogP contribution is 2.65. The van der Waals surface area contributed by atoms with Gasteiger partial charge in [0.15, 0.2) is 17.5 Å². The fraction of sp³-hybridized carbons (Fsp3) is 0.102. The Morgan fingerprint density at radius 2 is 1.20 bits per heavy atom. The fourth-order valence-electron chi connectivity index (χ4n) is 9.38. The maximum Gasteiger partial charge on any atom is 0.164 e. The van der Waals surface area contributed by atoms with Crippen LogP contribution in [-0.4, -0.2) is 19.9 Å². The molecular weight excluding hydrogens is 661 g/mol. The summed E-state index contributed by atoms with van der Waals surface area (Å²) in [4.78, 5) is 19.9. The van der Waals surface area contributed by atoms with Crippen molar-refractivity contribution in [3.63, 3.8) is 0 Å². The van der Waals surface area contributed by atoms with E-state index < -0.39 is 0 Å². The number of hydrogen-bond donors (Lipinski definition) is 0. The van der Waals surface area contributed by atoms with E-state index in [1.54, 1.807) is 0 Å². The minimum absolute atomic E-state index is 0.324. The van der Waals surface area contributed by atoms with Crippen molar-refractivity contribution >= 4 is 10.9 Å². The van der Waals surface area contributed by atoms with Gasteiger partial charge >= 0.3 is 0 Å². The van der Waals surface area contributed by atoms with Gasteiger partial charge in [0, 0.05) is 50.9 Å². The van der Waals surface area contributed by atoms with Crippen LogP contribution < -0.4 is 4.74 Å². The van der Waals surface area contributed by atoms with E-state index >= 15 is 0 Å². The maximum absolute atomic E-state index is 6.84. The molecular formula is C49H34N4O. The molecule has 6 aromatic carbocycles. The summed E-state index contributed by atoms with van der Waals surface area (Å²) in [7, 11) is 0. The Morgan fingerprint density at radius 3 is 2.06 bits per heavy atom. The van der Waals surface area contributed by atoms with Crippen molar-refractivity contribution in [2.75, 3.05) is 0 Å². The molecule has 8 aromatic rings. The molecule has 256 valence electrons. The molecule has 3 atom stereocenters. The third kappa shape index (κ3) is 4.64. The summed E-state index contributed by atoms with van der Waals surface area (Å²) in [6, 6.07) is 53.2. The van der Waals surface area contributed by atoms with E-state index in [1.165, 1.54) is 22.3 Å². The number of ether oxygens (including phenoxy) is 1. The van der Waals surface area contributed by atoms with E-state index in [9.17, 15) is 0 Å². The normalized spacial score (nSPS) is 19.1. The standard InChI is InChI=1S/C49H34N4O/c1-2-12-33(13-3-1)46-51-47(34-25-23-31(24-26-34)36-18-10-14-32-15-11-29-50-45(32)36)53-48(52-46)35-27-28-42-44(30-35)54-43-22-9-8-21-41(43)49(42)39-19-6-4-16-37(39)38-17-5-7-20-40(38)49/h1-6,8-19,21-30,38,40H,7,20H2. The highest BCUT2D eigenvalue weighted by molar-refractivity contribution is 5.93. The molecule has 3 aliphatic rings. The van der Waals surface area contributed by atoms with Crippen LogP contribution in [0.15, 0.2) is 170 Å². The fourth-order valence-corrected chi connectivity index (χ4v) is 9.38. The Labute approximate surface area is 313 Å². The number of pyridine rings is 1. The van der Waals surface area contributed by atoms with E-state index in [4.69, 9.17) is 19.7 Å². The summed E-state index contributed by atoms with van der Waals surface area (Å²) in [5.41, 5.74) is 10.8. The molecule has 0 bridgehead atoms. The number of rotatable bonds is 4. The van der Waals surface area contributed by atoms with Crippen molar-refractivity contribution < 1.29 is 4.74 Å². The lowest BCUT2D eigenvalue weighted by Crippen LogP contribution is -2.38. The third-order valence-corrected chi connectivity index (χ3v) is 11.7. The van der Waals surface area contributed by atoms with Gasteiger partial charge in [0.1, 0.15) is 11.5 Å². The SMILES string of the molecule is C1=CC2c3ccccc3C3(c4ccccc4Oc4cc(-c5nc(-c6ccccc6)nc(-c6ccc(-c7cccc8cccnc78)cc6)n5)ccc43)C2CC1. The Bertz CT molecular complexity index is 2770. The van der Waals surface area contributed by atoms with Gasteiger partial charge in [-0.3, -0.25) is 4.98 Å². The van der Waals surface area contributed by atoms with Gasteiger partial charge in [0.2, 0.25) is 0 Å². The van der Waals surface area contributed by atoms with Crippen molar-refractivity contribution in [3.05, 3.63) is 192 Å². The van der Waals surface area contributed by atoms with E-state index in [0.717, 1.165) is 63.1 Å². The summed E-state index contributed by atoms with van der Waals surface area (Å²) < 4.78 is 6.84. The monoisotopic (exact) mass is 694 g/mol. The molecule has 0 radical (unpaired) electrons. The first kappa shape index (κ1) is 30.9. The second-order valence-electron chi connectivity index (χ2n) is 14.5. The molecule has 0 N–H and O–H groups in total. The maximum atomic E-state index is 6.84. The van der Waals surface area contributed by atoms with E-state index in [-0.39, 0.29) is 5.41 Å². The van der Waals surface area contributed by atoms with Crippen molar-refractivity contribution in [2.24, 2.45) is 5.92 Å². The number of aromatic nitrogens is 4. The number of hydrogen-bond acceptors (Lipinski definition) is 5. The lowest BCUT2D eigenvalue weighted by Gasteiger charge is -2.44. The number of para-hydroxylation sites is 2. The zero-order valence-corrected chi connectivity index (χ0v) is 29.4. The summed E-state index contributed by atoms with van der Waals surface area (Å²) in [6.45, 7) is 0. The number of nitrogens with zero attached hydrogens (tertiary/aromatic N) is 4. The molecule has 3 unspecified atom stereocenters. The van der Waals surface area contributed by atoms with Gasteiger partial charge < -0.3 is 4.74 Å². The highest BCUT2D eigenvalue weighted by atomic mass is 16.5. The molecule has 3 heterocycles. The number of benzene rings is 6. The van der Waals surface area contributed by atoms with Gasteiger partial charge in [0.05, 0.1) is 10.9 Å². The molecule has 5 heteroatoms. The highest BCUT2D eigenvalue weighted by Gasteiger charge is 2.57. The molecule has 0 saturated carbocycles. The van der Waals surface area contributed by atoms with Crippen LogP contribution >= 0.6 is 0 Å². The Morgan fingerprint density at radius 1 is 0.537 bits per heavy atom. The van der Waals surface area contributed by atoms with E-state index in [0.29, 0.717) is 29.3 Å². The predicted molar refractivity (Wildman–Crippen MR) is 214 cm³/mol. The first-order valence-corrected chi connectivity index (χ1v) is 18.7. The minimum Gasteiger partial charge on any atom is -0.457 e. The second kappa shape index (κ2) is 12.2. The second-order valence-corrected chi connectivity index (χ2v) is 14.5. The molecule has 2 aromatic heterocycles. The number of allylic oxidation sites excluding steroid dienone is 2. The van der Waals surface area contributed by atoms with Gasteiger partial charge in [-0.2, -0.15) is 0 Å². The molecule has 0 amide bonds. The average Bonchev–Trinajstić information content (AvgIpc) is 3.54. The van der Waals surface area contributed by atoms with Crippen LogP contribution in [0.4, 0.5) is 0 Å². The van der Waals surface area contributed by atoms with Crippen molar-refractivity contribution in [1.82, 2.24) is 19.9 Å². The van der Waals surface area contributed by atoms with Crippen molar-refractivity contribution in [1.29, 1.82) is 0 Å². The average molecular weight is 695 g/mol. The summed E-state index contributed by atoms with van der Waals surface area (Å²) >= 11 is 0. The Hall–Kier alpha value is -6.72. The molecule has 0 fully saturated rings. The lowest BCUT2D eigenvalue weighted by molar-refractivity contribution is 0.311. The quantitative estimate of drug-likeness (QED) is 0.172.